The van der Waals surface area contributed by atoms with Gasteiger partial charge in [0.1, 0.15) is 0 Å². The van der Waals surface area contributed by atoms with E-state index in [9.17, 15) is 18.0 Å². The van der Waals surface area contributed by atoms with Crippen LogP contribution in [0.1, 0.15) is 43.9 Å². The summed E-state index contributed by atoms with van der Waals surface area (Å²) in [6, 6.07) is 9.70. The van der Waals surface area contributed by atoms with Crippen LogP contribution in [0.4, 0.5) is 18.9 Å². The van der Waals surface area contributed by atoms with Crippen molar-refractivity contribution in [3.05, 3.63) is 65.0 Å². The first-order chi connectivity index (χ1) is 11.8. The fraction of sp³-hybridized carbons (Fsp3) is 0.316. The monoisotopic (exact) mass is 350 g/mol. The number of amides is 1. The van der Waals surface area contributed by atoms with Gasteiger partial charge in [0.2, 0.25) is 5.91 Å². The molecule has 2 aromatic rings. The maximum Gasteiger partial charge on any atom is 0.238 e. The minimum absolute atomic E-state index is 0.0917. The van der Waals surface area contributed by atoms with Gasteiger partial charge in [-0.05, 0) is 36.1 Å². The van der Waals surface area contributed by atoms with Crippen molar-refractivity contribution < 1.29 is 18.0 Å². The molecule has 2 N–H and O–H groups in total. The standard InChI is InChI=1S/C19H21F3N2O/c1-11(2)13-4-6-14(7-5-13)12(3)23-10-17(25)24-16-9-8-15(20)18(21)19(16)22/h4-9,11-12,23H,10H2,1-3H3,(H,24,25)/t12-/m1/s1. The average molecular weight is 350 g/mol. The van der Waals surface area contributed by atoms with Gasteiger partial charge in [0.05, 0.1) is 12.2 Å². The van der Waals surface area contributed by atoms with E-state index in [2.05, 4.69) is 24.5 Å². The summed E-state index contributed by atoms with van der Waals surface area (Å²) in [5.74, 6) is -4.42. The molecule has 6 heteroatoms. The van der Waals surface area contributed by atoms with E-state index in [-0.39, 0.29) is 18.3 Å². The lowest BCUT2D eigenvalue weighted by Gasteiger charge is -2.15. The van der Waals surface area contributed by atoms with Gasteiger partial charge in [-0.25, -0.2) is 13.2 Å². The molecule has 0 aliphatic rings. The number of anilines is 1. The smallest absolute Gasteiger partial charge is 0.238 e. The third-order valence-electron chi connectivity index (χ3n) is 3.98. The summed E-state index contributed by atoms with van der Waals surface area (Å²) in [6.45, 7) is 6.03. The molecule has 134 valence electrons. The number of benzene rings is 2. The van der Waals surface area contributed by atoms with Crippen LogP contribution in [0, 0.1) is 17.5 Å². The van der Waals surface area contributed by atoms with E-state index in [1.165, 1.54) is 5.56 Å². The van der Waals surface area contributed by atoms with Crippen LogP contribution >= 0.6 is 0 Å². The molecule has 0 spiro atoms. The summed E-state index contributed by atoms with van der Waals surface area (Å²) >= 11 is 0. The number of hydrogen-bond donors (Lipinski definition) is 2. The van der Waals surface area contributed by atoms with Crippen LogP contribution in [-0.2, 0) is 4.79 Å². The van der Waals surface area contributed by atoms with E-state index in [0.29, 0.717) is 5.92 Å². The average Bonchev–Trinajstić information content (AvgIpc) is 2.60. The molecule has 3 nitrogen and oxygen atoms in total. The summed E-state index contributed by atoms with van der Waals surface area (Å²) in [5.41, 5.74) is 1.85. The molecule has 0 saturated heterocycles. The number of rotatable bonds is 6. The lowest BCUT2D eigenvalue weighted by molar-refractivity contribution is -0.115. The Kier molecular flexibility index (Phi) is 6.20. The fourth-order valence-corrected chi connectivity index (χ4v) is 2.35. The lowest BCUT2D eigenvalue weighted by Crippen LogP contribution is -2.30. The predicted octanol–water partition coefficient (Wildman–Crippen LogP) is 4.52. The SMILES string of the molecule is CC(C)c1ccc([C@@H](C)NCC(=O)Nc2ccc(F)c(F)c2F)cc1. The molecule has 25 heavy (non-hydrogen) atoms. The van der Waals surface area contributed by atoms with E-state index in [4.69, 9.17) is 0 Å². The van der Waals surface area contributed by atoms with Crippen molar-refractivity contribution in [1.29, 1.82) is 0 Å². The summed E-state index contributed by atoms with van der Waals surface area (Å²) in [6.07, 6.45) is 0. The largest absolute Gasteiger partial charge is 0.322 e. The first-order valence-electron chi connectivity index (χ1n) is 8.06. The van der Waals surface area contributed by atoms with E-state index in [1.807, 2.05) is 31.2 Å². The Balaban J connectivity index is 1.92. The summed E-state index contributed by atoms with van der Waals surface area (Å²) in [7, 11) is 0. The molecule has 1 amide bonds. The molecule has 1 atom stereocenters. The molecule has 0 radical (unpaired) electrons. The van der Waals surface area contributed by atoms with Crippen LogP contribution in [0.15, 0.2) is 36.4 Å². The highest BCUT2D eigenvalue weighted by molar-refractivity contribution is 5.92. The molecular weight excluding hydrogens is 329 g/mol. The van der Waals surface area contributed by atoms with Crippen LogP contribution in [0.2, 0.25) is 0 Å². The quantitative estimate of drug-likeness (QED) is 0.752. The van der Waals surface area contributed by atoms with Gasteiger partial charge in [-0.15, -0.1) is 0 Å². The van der Waals surface area contributed by atoms with Gasteiger partial charge < -0.3 is 10.6 Å². The van der Waals surface area contributed by atoms with Gasteiger partial charge >= 0.3 is 0 Å². The Morgan fingerprint density at radius 2 is 1.52 bits per heavy atom. The van der Waals surface area contributed by atoms with Crippen LogP contribution in [0.3, 0.4) is 0 Å². The summed E-state index contributed by atoms with van der Waals surface area (Å²) in [4.78, 5) is 11.9. The zero-order valence-electron chi connectivity index (χ0n) is 14.4. The Bertz CT molecular complexity index is 745. The number of halogens is 3. The second-order valence-corrected chi connectivity index (χ2v) is 6.20. The number of hydrogen-bond acceptors (Lipinski definition) is 2. The van der Waals surface area contributed by atoms with Gasteiger partial charge in [-0.1, -0.05) is 38.1 Å². The number of carbonyl (C=O) groups excluding carboxylic acids is 1. The normalized spacial score (nSPS) is 12.3. The molecular formula is C19H21F3N2O. The zero-order chi connectivity index (χ0) is 18.6. The van der Waals surface area contributed by atoms with Crippen molar-refractivity contribution in [2.45, 2.75) is 32.7 Å². The summed E-state index contributed by atoms with van der Waals surface area (Å²) < 4.78 is 39.6. The first kappa shape index (κ1) is 19.0. The Hall–Kier alpha value is -2.34. The topological polar surface area (TPSA) is 41.1 Å². The van der Waals surface area contributed by atoms with E-state index >= 15 is 0 Å². The molecule has 2 rings (SSSR count). The number of nitrogens with one attached hydrogen (secondary N) is 2. The van der Waals surface area contributed by atoms with Crippen molar-refractivity contribution >= 4 is 11.6 Å². The Labute approximate surface area is 145 Å². The van der Waals surface area contributed by atoms with Crippen LogP contribution in [-0.4, -0.2) is 12.5 Å². The van der Waals surface area contributed by atoms with Crippen molar-refractivity contribution in [2.24, 2.45) is 0 Å². The number of carbonyl (C=O) groups is 1. The van der Waals surface area contributed by atoms with Crippen LogP contribution in [0.25, 0.3) is 0 Å². The minimum atomic E-state index is -1.61. The van der Waals surface area contributed by atoms with Gasteiger partial charge in [0.25, 0.3) is 0 Å². The molecule has 0 fully saturated rings. The zero-order valence-corrected chi connectivity index (χ0v) is 14.4. The molecule has 0 aromatic heterocycles. The fourth-order valence-electron chi connectivity index (χ4n) is 2.35. The van der Waals surface area contributed by atoms with Crippen LogP contribution < -0.4 is 10.6 Å². The van der Waals surface area contributed by atoms with Crippen molar-refractivity contribution in [2.75, 3.05) is 11.9 Å². The van der Waals surface area contributed by atoms with Crippen molar-refractivity contribution in [1.82, 2.24) is 5.32 Å². The maximum atomic E-state index is 13.5. The molecule has 0 heterocycles. The minimum Gasteiger partial charge on any atom is -0.322 e. The van der Waals surface area contributed by atoms with Gasteiger partial charge in [0, 0.05) is 6.04 Å². The highest BCUT2D eigenvalue weighted by atomic mass is 19.2. The second-order valence-electron chi connectivity index (χ2n) is 6.20. The van der Waals surface area contributed by atoms with Gasteiger partial charge in [0.15, 0.2) is 17.5 Å². The predicted molar refractivity (Wildman–Crippen MR) is 91.9 cm³/mol. The van der Waals surface area contributed by atoms with Gasteiger partial charge in [-0.2, -0.15) is 0 Å². The summed E-state index contributed by atoms with van der Waals surface area (Å²) in [5, 5.41) is 5.24. The molecule has 0 aliphatic heterocycles. The highest BCUT2D eigenvalue weighted by Gasteiger charge is 2.15. The van der Waals surface area contributed by atoms with E-state index in [0.717, 1.165) is 17.7 Å². The van der Waals surface area contributed by atoms with Crippen molar-refractivity contribution in [3.63, 3.8) is 0 Å². The third kappa shape index (κ3) is 4.82. The Morgan fingerprint density at radius 1 is 0.920 bits per heavy atom. The molecule has 2 aromatic carbocycles. The molecule has 0 aliphatic carbocycles. The second kappa shape index (κ2) is 8.16. The Morgan fingerprint density at radius 3 is 2.12 bits per heavy atom. The lowest BCUT2D eigenvalue weighted by atomic mass is 9.99. The van der Waals surface area contributed by atoms with E-state index < -0.39 is 23.4 Å². The van der Waals surface area contributed by atoms with E-state index in [1.54, 1.807) is 0 Å². The molecule has 0 unspecified atom stereocenters. The molecule has 0 saturated carbocycles. The molecule has 0 bridgehead atoms. The van der Waals surface area contributed by atoms with Crippen molar-refractivity contribution in [3.8, 4) is 0 Å². The van der Waals surface area contributed by atoms with Gasteiger partial charge in [-0.3, -0.25) is 4.79 Å². The maximum absolute atomic E-state index is 13.5. The highest BCUT2D eigenvalue weighted by Crippen LogP contribution is 2.20. The third-order valence-corrected chi connectivity index (χ3v) is 3.98. The van der Waals surface area contributed by atoms with Crippen LogP contribution in [0.5, 0.6) is 0 Å². The first-order valence-corrected chi connectivity index (χ1v) is 8.06.